The van der Waals surface area contributed by atoms with Gasteiger partial charge in [0.05, 0.1) is 12.5 Å². The molecule has 0 unspecified atom stereocenters. The molecule has 25 heavy (non-hydrogen) atoms. The van der Waals surface area contributed by atoms with Crippen molar-refractivity contribution in [2.24, 2.45) is 0 Å². The smallest absolute Gasteiger partial charge is 0.274 e. The van der Waals surface area contributed by atoms with Gasteiger partial charge < -0.3 is 14.1 Å². The number of aromatic nitrogens is 3. The zero-order chi connectivity index (χ0) is 17.1. The number of piperidine rings is 1. The quantitative estimate of drug-likeness (QED) is 0.791. The topological polar surface area (TPSA) is 84.2 Å². The maximum atomic E-state index is 12.6. The Balaban J connectivity index is 1.35. The third-order valence-corrected chi connectivity index (χ3v) is 4.25. The summed E-state index contributed by atoms with van der Waals surface area (Å²) in [5.41, 5.74) is 1.10. The van der Waals surface area contributed by atoms with Gasteiger partial charge >= 0.3 is 0 Å². The van der Waals surface area contributed by atoms with E-state index in [0.717, 1.165) is 18.6 Å². The van der Waals surface area contributed by atoms with E-state index in [1.165, 1.54) is 0 Å². The molecule has 3 aromatic heterocycles. The number of aromatic amines is 1. The Kier molecular flexibility index (Phi) is 4.20. The van der Waals surface area contributed by atoms with Crippen molar-refractivity contribution in [1.29, 1.82) is 0 Å². The Morgan fingerprint density at radius 2 is 2.16 bits per heavy atom. The average Bonchev–Trinajstić information content (AvgIpc) is 3.34. The second kappa shape index (κ2) is 6.80. The predicted molar refractivity (Wildman–Crippen MR) is 90.1 cm³/mol. The Hall–Kier alpha value is -3.09. The molecule has 4 heterocycles. The number of rotatable bonds is 4. The molecule has 7 nitrogen and oxygen atoms in total. The number of likely N-dealkylation sites (tertiary alicyclic amines) is 1. The van der Waals surface area contributed by atoms with E-state index in [9.17, 15) is 4.79 Å². The van der Waals surface area contributed by atoms with Crippen molar-refractivity contribution in [1.82, 2.24) is 20.1 Å². The van der Waals surface area contributed by atoms with E-state index < -0.39 is 0 Å². The van der Waals surface area contributed by atoms with Crippen molar-refractivity contribution >= 4 is 5.91 Å². The second-order valence-corrected chi connectivity index (χ2v) is 5.94. The van der Waals surface area contributed by atoms with Gasteiger partial charge in [-0.25, -0.2) is 0 Å². The van der Waals surface area contributed by atoms with Crippen LogP contribution in [-0.2, 0) is 0 Å². The van der Waals surface area contributed by atoms with Gasteiger partial charge in [0, 0.05) is 38.2 Å². The van der Waals surface area contributed by atoms with E-state index in [1.807, 2.05) is 23.1 Å². The van der Waals surface area contributed by atoms with Gasteiger partial charge in [0.25, 0.3) is 5.91 Å². The van der Waals surface area contributed by atoms with Crippen molar-refractivity contribution in [2.75, 3.05) is 13.1 Å². The molecule has 1 saturated heterocycles. The van der Waals surface area contributed by atoms with Crippen LogP contribution in [0.3, 0.4) is 0 Å². The number of amides is 1. The summed E-state index contributed by atoms with van der Waals surface area (Å²) in [5, 5.41) is 6.97. The van der Waals surface area contributed by atoms with Crippen LogP contribution in [0.4, 0.5) is 0 Å². The largest absolute Gasteiger partial charge is 0.489 e. The molecule has 0 radical (unpaired) electrons. The molecule has 7 heteroatoms. The maximum absolute atomic E-state index is 12.6. The van der Waals surface area contributed by atoms with E-state index in [2.05, 4.69) is 15.2 Å². The highest BCUT2D eigenvalue weighted by Gasteiger charge is 2.26. The number of nitrogens with one attached hydrogen (secondary N) is 1. The summed E-state index contributed by atoms with van der Waals surface area (Å²) in [6, 6.07) is 9.08. The Morgan fingerprint density at radius 3 is 2.88 bits per heavy atom. The number of hydrogen-bond acceptors (Lipinski definition) is 5. The molecule has 3 aromatic rings. The first-order valence-corrected chi connectivity index (χ1v) is 8.25. The molecule has 128 valence electrons. The molecule has 4 rings (SSSR count). The van der Waals surface area contributed by atoms with Crippen molar-refractivity contribution in [3.05, 3.63) is 54.7 Å². The zero-order valence-corrected chi connectivity index (χ0v) is 13.6. The van der Waals surface area contributed by atoms with Gasteiger partial charge in [-0.15, -0.1) is 0 Å². The van der Waals surface area contributed by atoms with E-state index in [-0.39, 0.29) is 12.0 Å². The molecule has 0 spiro atoms. The number of ether oxygens (including phenoxy) is 1. The standard InChI is InChI=1S/C18H18N4O3/c23-18(16-11-15(20-21-16)17-4-2-10-24-17)22-8-5-13(6-9-22)25-14-3-1-7-19-12-14/h1-4,7,10-13H,5-6,8-9H2,(H,20,21). The van der Waals surface area contributed by atoms with Crippen LogP contribution in [0.1, 0.15) is 23.3 Å². The number of carbonyl (C=O) groups excluding carboxylic acids is 1. The van der Waals surface area contributed by atoms with Crippen LogP contribution < -0.4 is 4.74 Å². The van der Waals surface area contributed by atoms with Gasteiger partial charge in [0.1, 0.15) is 17.5 Å². The van der Waals surface area contributed by atoms with Crippen LogP contribution in [0, 0.1) is 0 Å². The SMILES string of the molecule is O=C(c1cc(-c2ccco2)[nH]n1)N1CCC(Oc2cccnc2)CC1. The van der Waals surface area contributed by atoms with Gasteiger partial charge in [-0.3, -0.25) is 14.9 Å². The Labute approximate surface area is 144 Å². The van der Waals surface area contributed by atoms with E-state index in [1.54, 1.807) is 30.8 Å². The van der Waals surface area contributed by atoms with Crippen LogP contribution >= 0.6 is 0 Å². The van der Waals surface area contributed by atoms with Crippen molar-refractivity contribution in [3.8, 4) is 17.2 Å². The summed E-state index contributed by atoms with van der Waals surface area (Å²) in [6.45, 7) is 1.29. The lowest BCUT2D eigenvalue weighted by atomic mass is 10.1. The van der Waals surface area contributed by atoms with Crippen LogP contribution in [-0.4, -0.2) is 45.2 Å². The fourth-order valence-corrected chi connectivity index (χ4v) is 2.94. The predicted octanol–water partition coefficient (Wildman–Crippen LogP) is 2.75. The molecule has 1 amide bonds. The third-order valence-electron chi connectivity index (χ3n) is 4.25. The fraction of sp³-hybridized carbons (Fsp3) is 0.278. The summed E-state index contributed by atoms with van der Waals surface area (Å²) in [4.78, 5) is 18.5. The van der Waals surface area contributed by atoms with Crippen molar-refractivity contribution in [2.45, 2.75) is 18.9 Å². The van der Waals surface area contributed by atoms with Gasteiger partial charge in [-0.05, 0) is 24.3 Å². The first-order chi connectivity index (χ1) is 12.3. The molecule has 0 bridgehead atoms. The first kappa shape index (κ1) is 15.4. The number of nitrogens with zero attached hydrogens (tertiary/aromatic N) is 3. The van der Waals surface area contributed by atoms with E-state index in [4.69, 9.17) is 9.15 Å². The van der Waals surface area contributed by atoms with Crippen molar-refractivity contribution < 1.29 is 13.9 Å². The molecule has 0 aromatic carbocycles. The van der Waals surface area contributed by atoms with Gasteiger partial charge in [0.2, 0.25) is 0 Å². The summed E-state index contributed by atoms with van der Waals surface area (Å²) in [7, 11) is 0. The summed E-state index contributed by atoms with van der Waals surface area (Å²) in [6.07, 6.45) is 6.69. The Bertz CT molecular complexity index is 821. The second-order valence-electron chi connectivity index (χ2n) is 5.94. The monoisotopic (exact) mass is 338 g/mol. The molecule has 1 N–H and O–H groups in total. The highest BCUT2D eigenvalue weighted by molar-refractivity contribution is 5.93. The van der Waals surface area contributed by atoms with Gasteiger partial charge in [-0.1, -0.05) is 0 Å². The fourth-order valence-electron chi connectivity index (χ4n) is 2.94. The molecule has 0 saturated carbocycles. The lowest BCUT2D eigenvalue weighted by Crippen LogP contribution is -2.41. The molecule has 0 aliphatic carbocycles. The maximum Gasteiger partial charge on any atom is 0.274 e. The van der Waals surface area contributed by atoms with Crippen LogP contribution in [0.15, 0.2) is 53.4 Å². The minimum Gasteiger partial charge on any atom is -0.489 e. The third kappa shape index (κ3) is 3.40. The number of hydrogen-bond donors (Lipinski definition) is 1. The van der Waals surface area contributed by atoms with Crippen LogP contribution in [0.5, 0.6) is 5.75 Å². The van der Waals surface area contributed by atoms with E-state index >= 15 is 0 Å². The highest BCUT2D eigenvalue weighted by Crippen LogP contribution is 2.21. The van der Waals surface area contributed by atoms with Crippen LogP contribution in [0.2, 0.25) is 0 Å². The number of pyridine rings is 1. The molecule has 1 aliphatic heterocycles. The molecular formula is C18H18N4O3. The zero-order valence-electron chi connectivity index (χ0n) is 13.6. The lowest BCUT2D eigenvalue weighted by Gasteiger charge is -2.31. The number of H-pyrrole nitrogens is 1. The molecule has 0 atom stereocenters. The average molecular weight is 338 g/mol. The van der Waals surface area contributed by atoms with E-state index in [0.29, 0.717) is 30.2 Å². The lowest BCUT2D eigenvalue weighted by molar-refractivity contribution is 0.0589. The summed E-state index contributed by atoms with van der Waals surface area (Å²) < 4.78 is 11.2. The molecule has 1 fully saturated rings. The number of furan rings is 1. The van der Waals surface area contributed by atoms with Gasteiger partial charge in [0.15, 0.2) is 11.5 Å². The highest BCUT2D eigenvalue weighted by atomic mass is 16.5. The van der Waals surface area contributed by atoms with Crippen LogP contribution in [0.25, 0.3) is 11.5 Å². The minimum atomic E-state index is -0.0751. The minimum absolute atomic E-state index is 0.0751. The van der Waals surface area contributed by atoms with Gasteiger partial charge in [-0.2, -0.15) is 5.10 Å². The number of carbonyl (C=O) groups is 1. The van der Waals surface area contributed by atoms with Crippen molar-refractivity contribution in [3.63, 3.8) is 0 Å². The summed E-state index contributed by atoms with van der Waals surface area (Å²) >= 11 is 0. The Morgan fingerprint density at radius 1 is 1.28 bits per heavy atom. The molecular weight excluding hydrogens is 320 g/mol. The molecule has 1 aliphatic rings. The first-order valence-electron chi connectivity index (χ1n) is 8.25. The summed E-state index contributed by atoms with van der Waals surface area (Å²) in [5.74, 6) is 1.35. The normalized spacial score (nSPS) is 15.3.